The standard InChI is InChI=1S/C59H38N2O/c1-5-18-39(19-6-1)51-36-41(32-34-45(51)49-28-17-29-50-48-27-14-16-31-56(48)62-57(49)50)54-38-55(61-58(60-54)40-20-7-2-8-21-40)42-33-35-47-46-26-13-15-30-52(46)59(53(47)37-42,43-22-9-3-10-23-43)44-24-11-4-12-25-44/h1-38H. The second-order valence-electron chi connectivity index (χ2n) is 16.0. The average molecular weight is 791 g/mol. The van der Waals surface area contributed by atoms with E-state index in [2.05, 4.69) is 200 Å². The summed E-state index contributed by atoms with van der Waals surface area (Å²) < 4.78 is 6.58. The van der Waals surface area contributed by atoms with Crippen LogP contribution in [0.3, 0.4) is 0 Å². The fourth-order valence-corrected chi connectivity index (χ4v) is 9.82. The van der Waals surface area contributed by atoms with Gasteiger partial charge in [0.15, 0.2) is 5.82 Å². The molecule has 2 heterocycles. The van der Waals surface area contributed by atoms with Crippen molar-refractivity contribution in [2.24, 2.45) is 0 Å². The second kappa shape index (κ2) is 14.5. The van der Waals surface area contributed by atoms with Crippen LogP contribution in [0.5, 0.6) is 0 Å². The van der Waals surface area contributed by atoms with E-state index in [0.717, 1.165) is 72.3 Å². The van der Waals surface area contributed by atoms with Crippen molar-refractivity contribution in [2.45, 2.75) is 5.41 Å². The van der Waals surface area contributed by atoms with E-state index in [-0.39, 0.29) is 0 Å². The quantitative estimate of drug-likeness (QED) is 0.161. The molecule has 9 aromatic carbocycles. The Kier molecular flexibility index (Phi) is 8.39. The van der Waals surface area contributed by atoms with Gasteiger partial charge in [-0.25, -0.2) is 9.97 Å². The molecule has 0 atom stereocenters. The lowest BCUT2D eigenvalue weighted by Gasteiger charge is -2.34. The first-order valence-electron chi connectivity index (χ1n) is 21.1. The van der Waals surface area contributed by atoms with Crippen LogP contribution in [0, 0.1) is 0 Å². The molecule has 0 saturated carbocycles. The van der Waals surface area contributed by atoms with Gasteiger partial charge in [-0.15, -0.1) is 0 Å². The smallest absolute Gasteiger partial charge is 0.160 e. The lowest BCUT2D eigenvalue weighted by atomic mass is 9.67. The summed E-state index contributed by atoms with van der Waals surface area (Å²) in [6, 6.07) is 82.2. The van der Waals surface area contributed by atoms with E-state index in [0.29, 0.717) is 5.82 Å². The van der Waals surface area contributed by atoms with Gasteiger partial charge in [0.1, 0.15) is 11.2 Å². The number of hydrogen-bond donors (Lipinski definition) is 0. The third-order valence-corrected chi connectivity index (χ3v) is 12.6. The van der Waals surface area contributed by atoms with Gasteiger partial charge in [0.05, 0.1) is 16.8 Å². The maximum Gasteiger partial charge on any atom is 0.160 e. The number of hydrogen-bond acceptors (Lipinski definition) is 3. The Balaban J connectivity index is 1.07. The van der Waals surface area contributed by atoms with Gasteiger partial charge >= 0.3 is 0 Å². The summed E-state index contributed by atoms with van der Waals surface area (Å²) in [7, 11) is 0. The molecule has 0 saturated heterocycles. The summed E-state index contributed by atoms with van der Waals surface area (Å²) in [6.07, 6.45) is 0. The van der Waals surface area contributed by atoms with Crippen molar-refractivity contribution in [3.63, 3.8) is 0 Å². The SMILES string of the molecule is c1ccc(-c2nc(-c3ccc(-c4cccc5c4oc4ccccc45)c(-c4ccccc4)c3)cc(-c3ccc4c(c3)C(c3ccccc3)(c3ccccc3)c3ccccc3-4)n2)cc1. The Morgan fingerprint density at radius 3 is 1.56 bits per heavy atom. The first-order chi connectivity index (χ1) is 30.7. The van der Waals surface area contributed by atoms with Gasteiger partial charge in [-0.2, -0.15) is 0 Å². The first-order valence-corrected chi connectivity index (χ1v) is 21.1. The Labute approximate surface area is 360 Å². The lowest BCUT2D eigenvalue weighted by molar-refractivity contribution is 0.670. The largest absolute Gasteiger partial charge is 0.455 e. The molecule has 0 spiro atoms. The molecule has 3 heteroatoms. The molecule has 2 aromatic heterocycles. The topological polar surface area (TPSA) is 38.9 Å². The summed E-state index contributed by atoms with van der Waals surface area (Å²) in [6.45, 7) is 0. The molecule has 0 N–H and O–H groups in total. The predicted octanol–water partition coefficient (Wildman–Crippen LogP) is 15.1. The highest BCUT2D eigenvalue weighted by Gasteiger charge is 2.46. The van der Waals surface area contributed by atoms with Crippen LogP contribution in [0.1, 0.15) is 22.3 Å². The third-order valence-electron chi connectivity index (χ3n) is 12.6. The number of benzene rings is 9. The molecule has 0 amide bonds. The van der Waals surface area contributed by atoms with E-state index in [1.54, 1.807) is 0 Å². The maximum atomic E-state index is 6.58. The van der Waals surface area contributed by atoms with Crippen LogP contribution in [-0.4, -0.2) is 9.97 Å². The van der Waals surface area contributed by atoms with Crippen molar-refractivity contribution in [1.29, 1.82) is 0 Å². The van der Waals surface area contributed by atoms with E-state index in [1.807, 2.05) is 30.3 Å². The number of furan rings is 1. The number of fused-ring (bicyclic) bond motifs is 6. The minimum atomic E-state index is -0.522. The molecule has 0 unspecified atom stereocenters. The van der Waals surface area contributed by atoms with Crippen LogP contribution >= 0.6 is 0 Å². The van der Waals surface area contributed by atoms with Gasteiger partial charge in [-0.05, 0) is 74.3 Å². The number of para-hydroxylation sites is 2. The normalized spacial score (nSPS) is 12.6. The molecule has 11 aromatic rings. The summed E-state index contributed by atoms with van der Waals surface area (Å²) in [5.41, 5.74) is 17.8. The van der Waals surface area contributed by atoms with Crippen molar-refractivity contribution in [3.05, 3.63) is 253 Å². The van der Waals surface area contributed by atoms with Crippen LogP contribution in [0.4, 0.5) is 0 Å². The van der Waals surface area contributed by atoms with Crippen LogP contribution in [0.25, 0.3) is 89.2 Å². The highest BCUT2D eigenvalue weighted by molar-refractivity contribution is 6.10. The van der Waals surface area contributed by atoms with E-state index >= 15 is 0 Å². The number of rotatable bonds is 7. The average Bonchev–Trinajstić information content (AvgIpc) is 3.89. The van der Waals surface area contributed by atoms with E-state index in [4.69, 9.17) is 14.4 Å². The minimum absolute atomic E-state index is 0.522. The van der Waals surface area contributed by atoms with Gasteiger partial charge in [0.25, 0.3) is 0 Å². The van der Waals surface area contributed by atoms with Crippen molar-refractivity contribution in [2.75, 3.05) is 0 Å². The predicted molar refractivity (Wildman–Crippen MR) is 254 cm³/mol. The number of nitrogens with zero attached hydrogens (tertiary/aromatic N) is 2. The molecule has 1 aliphatic rings. The van der Waals surface area contributed by atoms with Crippen LogP contribution < -0.4 is 0 Å². The molecule has 1 aliphatic carbocycles. The summed E-state index contributed by atoms with van der Waals surface area (Å²) in [5.74, 6) is 0.677. The van der Waals surface area contributed by atoms with Crippen molar-refractivity contribution >= 4 is 21.9 Å². The van der Waals surface area contributed by atoms with Crippen LogP contribution in [-0.2, 0) is 5.41 Å². The third kappa shape index (κ3) is 5.67. The molecule has 12 rings (SSSR count). The fraction of sp³-hybridized carbons (Fsp3) is 0.0169. The van der Waals surface area contributed by atoms with E-state index < -0.39 is 5.41 Å². The molecule has 0 fully saturated rings. The van der Waals surface area contributed by atoms with Crippen molar-refractivity contribution in [3.8, 4) is 67.3 Å². The van der Waals surface area contributed by atoms with Crippen molar-refractivity contribution in [1.82, 2.24) is 9.97 Å². The van der Waals surface area contributed by atoms with Gasteiger partial charge in [0, 0.05) is 33.0 Å². The Bertz CT molecular complexity index is 3410. The monoisotopic (exact) mass is 790 g/mol. The maximum absolute atomic E-state index is 6.58. The summed E-state index contributed by atoms with van der Waals surface area (Å²) in [5, 5.41) is 2.22. The Morgan fingerprint density at radius 1 is 0.323 bits per heavy atom. The summed E-state index contributed by atoms with van der Waals surface area (Å²) in [4.78, 5) is 10.7. The molecular formula is C59H38N2O. The van der Waals surface area contributed by atoms with E-state index in [1.165, 1.54) is 33.4 Å². The molecule has 0 bridgehead atoms. The zero-order valence-electron chi connectivity index (χ0n) is 33.7. The van der Waals surface area contributed by atoms with Crippen LogP contribution in [0.15, 0.2) is 235 Å². The molecule has 290 valence electrons. The highest BCUT2D eigenvalue weighted by atomic mass is 16.3. The van der Waals surface area contributed by atoms with Gasteiger partial charge in [0.2, 0.25) is 0 Å². The summed E-state index contributed by atoms with van der Waals surface area (Å²) >= 11 is 0. The van der Waals surface area contributed by atoms with Gasteiger partial charge < -0.3 is 4.42 Å². The zero-order valence-corrected chi connectivity index (χ0v) is 33.7. The highest BCUT2D eigenvalue weighted by Crippen LogP contribution is 2.56. The number of aromatic nitrogens is 2. The first kappa shape index (κ1) is 35.8. The minimum Gasteiger partial charge on any atom is -0.455 e. The van der Waals surface area contributed by atoms with Crippen molar-refractivity contribution < 1.29 is 4.42 Å². The Hall–Kier alpha value is -8.14. The lowest BCUT2D eigenvalue weighted by Crippen LogP contribution is -2.28. The molecular weight excluding hydrogens is 753 g/mol. The fourth-order valence-electron chi connectivity index (χ4n) is 9.82. The van der Waals surface area contributed by atoms with Gasteiger partial charge in [-0.3, -0.25) is 0 Å². The molecule has 3 nitrogen and oxygen atoms in total. The van der Waals surface area contributed by atoms with Crippen LogP contribution in [0.2, 0.25) is 0 Å². The zero-order chi connectivity index (χ0) is 41.0. The van der Waals surface area contributed by atoms with E-state index in [9.17, 15) is 0 Å². The Morgan fingerprint density at radius 2 is 0.855 bits per heavy atom. The molecule has 0 radical (unpaired) electrons. The second-order valence-corrected chi connectivity index (χ2v) is 16.0. The molecule has 62 heavy (non-hydrogen) atoms. The molecule has 0 aliphatic heterocycles. The van der Waals surface area contributed by atoms with Gasteiger partial charge in [-0.1, -0.05) is 206 Å².